The Morgan fingerprint density at radius 3 is 2.24 bits per heavy atom. The minimum Gasteiger partial charge on any atom is -0.497 e. The molecule has 0 bridgehead atoms. The van der Waals surface area contributed by atoms with E-state index in [-0.39, 0.29) is 5.69 Å². The predicted molar refractivity (Wildman–Crippen MR) is 68.6 cm³/mol. The molecular weight excluding hydrogens is 291 g/mol. The Morgan fingerprint density at radius 2 is 1.76 bits per heavy atom. The molecule has 0 aliphatic heterocycles. The molecule has 9 heteroatoms. The second-order valence-corrected chi connectivity index (χ2v) is 4.06. The Hall–Kier alpha value is -2.71. The number of hydrogen-bond donors (Lipinski definition) is 2. The van der Waals surface area contributed by atoms with Crippen LogP contribution in [0, 0.1) is 0 Å². The van der Waals surface area contributed by atoms with Crippen molar-refractivity contribution in [2.75, 3.05) is 12.8 Å². The molecule has 0 fully saturated rings. The van der Waals surface area contributed by atoms with Crippen LogP contribution >= 0.6 is 0 Å². The Morgan fingerprint density at radius 1 is 1.19 bits per heavy atom. The molecule has 6 nitrogen and oxygen atoms in total. The number of anilines is 1. The highest BCUT2D eigenvalue weighted by atomic mass is 19.4. The van der Waals surface area contributed by atoms with E-state index in [1.165, 1.54) is 31.4 Å². The van der Waals surface area contributed by atoms with Gasteiger partial charge in [-0.15, -0.1) is 0 Å². The first-order valence-electron chi connectivity index (χ1n) is 5.62. The number of ether oxygens (including phenoxy) is 1. The number of aromatic nitrogens is 2. The van der Waals surface area contributed by atoms with Crippen molar-refractivity contribution < 1.29 is 17.9 Å². The SMILES string of the molecule is COc1ccc(-n2c(=O)[nH]c(C(F)(F)F)c(N)c2=O)cc1. The highest BCUT2D eigenvalue weighted by Gasteiger charge is 2.36. The van der Waals surface area contributed by atoms with Gasteiger partial charge in [-0.05, 0) is 24.3 Å². The normalized spacial score (nSPS) is 11.4. The van der Waals surface area contributed by atoms with Gasteiger partial charge in [-0.3, -0.25) is 4.79 Å². The molecule has 0 unspecified atom stereocenters. The van der Waals surface area contributed by atoms with Crippen molar-refractivity contribution in [3.8, 4) is 11.4 Å². The molecule has 1 heterocycles. The summed E-state index contributed by atoms with van der Waals surface area (Å²) in [6, 6.07) is 5.61. The number of hydrogen-bond acceptors (Lipinski definition) is 4. The molecule has 21 heavy (non-hydrogen) atoms. The van der Waals surface area contributed by atoms with Gasteiger partial charge >= 0.3 is 11.9 Å². The fourth-order valence-electron chi connectivity index (χ4n) is 1.74. The number of nitrogens with two attached hydrogens (primary N) is 1. The lowest BCUT2D eigenvalue weighted by Crippen LogP contribution is -2.38. The van der Waals surface area contributed by atoms with Crippen LogP contribution in [0.3, 0.4) is 0 Å². The summed E-state index contributed by atoms with van der Waals surface area (Å²) < 4.78 is 43.3. The lowest BCUT2D eigenvalue weighted by Gasteiger charge is -2.12. The van der Waals surface area contributed by atoms with Crippen LogP contribution in [0.15, 0.2) is 33.9 Å². The molecule has 0 saturated heterocycles. The minimum absolute atomic E-state index is 0.0717. The van der Waals surface area contributed by atoms with Crippen molar-refractivity contribution in [2.45, 2.75) is 6.18 Å². The number of alkyl halides is 3. The number of nitrogen functional groups attached to an aromatic ring is 1. The summed E-state index contributed by atoms with van der Waals surface area (Å²) in [6.45, 7) is 0. The van der Waals surface area contributed by atoms with Gasteiger partial charge in [-0.2, -0.15) is 13.2 Å². The number of nitrogens with one attached hydrogen (secondary N) is 1. The summed E-state index contributed by atoms with van der Waals surface area (Å²) in [5, 5.41) is 0. The first-order valence-corrected chi connectivity index (χ1v) is 5.62. The molecule has 2 rings (SSSR count). The number of methoxy groups -OCH3 is 1. The number of halogens is 3. The minimum atomic E-state index is -4.92. The van der Waals surface area contributed by atoms with Crippen molar-refractivity contribution in [3.05, 3.63) is 50.8 Å². The maximum absolute atomic E-state index is 12.6. The number of nitrogens with zero attached hydrogens (tertiary/aromatic N) is 1. The van der Waals surface area contributed by atoms with Crippen LogP contribution in [-0.2, 0) is 6.18 Å². The highest BCUT2D eigenvalue weighted by molar-refractivity contribution is 5.45. The zero-order chi connectivity index (χ0) is 15.8. The van der Waals surface area contributed by atoms with Gasteiger partial charge in [-0.25, -0.2) is 9.36 Å². The predicted octanol–water partition coefficient (Wildman–Crippen LogP) is 1.14. The monoisotopic (exact) mass is 301 g/mol. The Labute approximate surface area is 115 Å². The first-order chi connectivity index (χ1) is 9.75. The molecular formula is C12H10F3N3O3. The molecule has 1 aromatic heterocycles. The second-order valence-electron chi connectivity index (χ2n) is 4.06. The maximum atomic E-state index is 12.6. The third-order valence-electron chi connectivity index (χ3n) is 2.75. The Kier molecular flexibility index (Phi) is 3.50. The lowest BCUT2D eigenvalue weighted by atomic mass is 10.3. The van der Waals surface area contributed by atoms with E-state index in [1.54, 1.807) is 4.98 Å². The van der Waals surface area contributed by atoms with Crippen LogP contribution < -0.4 is 21.7 Å². The third-order valence-corrected chi connectivity index (χ3v) is 2.75. The lowest BCUT2D eigenvalue weighted by molar-refractivity contribution is -0.140. The molecule has 112 valence electrons. The van der Waals surface area contributed by atoms with E-state index in [0.29, 0.717) is 10.3 Å². The number of rotatable bonds is 2. The van der Waals surface area contributed by atoms with E-state index in [0.717, 1.165) is 0 Å². The van der Waals surface area contributed by atoms with Gasteiger partial charge in [0.2, 0.25) is 0 Å². The van der Waals surface area contributed by atoms with Gasteiger partial charge in [0, 0.05) is 0 Å². The van der Waals surface area contributed by atoms with Gasteiger partial charge in [0.25, 0.3) is 5.56 Å². The maximum Gasteiger partial charge on any atom is 0.433 e. The van der Waals surface area contributed by atoms with E-state index in [4.69, 9.17) is 10.5 Å². The van der Waals surface area contributed by atoms with Crippen LogP contribution in [0.1, 0.15) is 5.69 Å². The van der Waals surface area contributed by atoms with Gasteiger partial charge in [-0.1, -0.05) is 0 Å². The van der Waals surface area contributed by atoms with Crippen molar-refractivity contribution in [3.63, 3.8) is 0 Å². The molecule has 0 spiro atoms. The molecule has 0 amide bonds. The highest BCUT2D eigenvalue weighted by Crippen LogP contribution is 2.29. The van der Waals surface area contributed by atoms with Crippen molar-refractivity contribution in [1.82, 2.24) is 9.55 Å². The smallest absolute Gasteiger partial charge is 0.433 e. The van der Waals surface area contributed by atoms with Crippen molar-refractivity contribution in [1.29, 1.82) is 0 Å². The summed E-state index contributed by atoms with van der Waals surface area (Å²) in [5.74, 6) is 0.461. The summed E-state index contributed by atoms with van der Waals surface area (Å²) in [4.78, 5) is 25.2. The number of benzene rings is 1. The fraction of sp³-hybridized carbons (Fsp3) is 0.167. The zero-order valence-corrected chi connectivity index (χ0v) is 10.7. The molecule has 0 aliphatic rings. The van der Waals surface area contributed by atoms with E-state index in [9.17, 15) is 22.8 Å². The van der Waals surface area contributed by atoms with E-state index < -0.39 is 28.8 Å². The second kappa shape index (κ2) is 5.00. The van der Waals surface area contributed by atoms with Gasteiger partial charge in [0.15, 0.2) is 5.69 Å². The van der Waals surface area contributed by atoms with Gasteiger partial charge < -0.3 is 15.5 Å². The van der Waals surface area contributed by atoms with Crippen LogP contribution in [0.5, 0.6) is 5.75 Å². The van der Waals surface area contributed by atoms with Crippen LogP contribution in [-0.4, -0.2) is 16.7 Å². The Balaban J connectivity index is 2.68. The largest absolute Gasteiger partial charge is 0.497 e. The summed E-state index contributed by atoms with van der Waals surface area (Å²) >= 11 is 0. The molecule has 0 atom stereocenters. The van der Waals surface area contributed by atoms with E-state index in [1.807, 2.05) is 0 Å². The number of H-pyrrole nitrogens is 1. The quantitative estimate of drug-likeness (QED) is 0.870. The van der Waals surface area contributed by atoms with Crippen LogP contribution in [0.25, 0.3) is 5.69 Å². The molecule has 2 aromatic rings. The Bertz CT molecular complexity index is 776. The van der Waals surface area contributed by atoms with Crippen LogP contribution in [0.2, 0.25) is 0 Å². The molecule has 1 aromatic carbocycles. The average Bonchev–Trinajstić information content (AvgIpc) is 2.42. The van der Waals surface area contributed by atoms with Crippen molar-refractivity contribution >= 4 is 5.69 Å². The standard InChI is InChI=1S/C12H10F3N3O3/c1-21-7-4-2-6(3-5-7)18-10(19)8(16)9(12(13,14)15)17-11(18)20/h2-5H,16H2,1H3,(H,17,20). The van der Waals surface area contributed by atoms with Gasteiger partial charge in [0.1, 0.15) is 11.4 Å². The molecule has 0 saturated carbocycles. The third kappa shape index (κ3) is 2.62. The number of aromatic amines is 1. The van der Waals surface area contributed by atoms with Gasteiger partial charge in [0.05, 0.1) is 12.8 Å². The average molecular weight is 301 g/mol. The van der Waals surface area contributed by atoms with Crippen LogP contribution in [0.4, 0.5) is 18.9 Å². The van der Waals surface area contributed by atoms with E-state index in [2.05, 4.69) is 0 Å². The molecule has 0 aliphatic carbocycles. The summed E-state index contributed by atoms with van der Waals surface area (Å²) in [6.07, 6.45) is -4.92. The molecule has 3 N–H and O–H groups in total. The fourth-order valence-corrected chi connectivity index (χ4v) is 1.74. The summed E-state index contributed by atoms with van der Waals surface area (Å²) in [7, 11) is 1.42. The first kappa shape index (κ1) is 14.7. The topological polar surface area (TPSA) is 90.1 Å². The summed E-state index contributed by atoms with van der Waals surface area (Å²) in [5.41, 5.74) is 0.161. The van der Waals surface area contributed by atoms with Crippen molar-refractivity contribution in [2.24, 2.45) is 0 Å². The molecule has 0 radical (unpaired) electrons. The zero-order valence-electron chi connectivity index (χ0n) is 10.7. The van der Waals surface area contributed by atoms with E-state index >= 15 is 0 Å².